The molecule has 2 N–H and O–H groups in total. The molecule has 1 aliphatic carbocycles. The zero-order valence-corrected chi connectivity index (χ0v) is 13.2. The van der Waals surface area contributed by atoms with Gasteiger partial charge in [-0.05, 0) is 42.2 Å². The van der Waals surface area contributed by atoms with E-state index in [-0.39, 0.29) is 5.41 Å². The molecule has 0 bridgehead atoms. The van der Waals surface area contributed by atoms with E-state index in [9.17, 15) is 0 Å². The average Bonchev–Trinajstić information content (AvgIpc) is 2.71. The Morgan fingerprint density at radius 2 is 1.50 bits per heavy atom. The van der Waals surface area contributed by atoms with Gasteiger partial charge in [0.15, 0.2) is 0 Å². The van der Waals surface area contributed by atoms with Crippen LogP contribution in [0.4, 0.5) is 0 Å². The number of hydrogen-bond donors (Lipinski definition) is 1. The highest BCUT2D eigenvalue weighted by atomic mass is 14.6. The molecule has 1 atom stereocenters. The van der Waals surface area contributed by atoms with Crippen LogP contribution in [-0.2, 0) is 0 Å². The summed E-state index contributed by atoms with van der Waals surface area (Å²) in [6.45, 7) is 14.6. The Bertz CT molecular complexity index is 358. The molecule has 0 saturated carbocycles. The summed E-state index contributed by atoms with van der Waals surface area (Å²) < 4.78 is 0. The van der Waals surface area contributed by atoms with Gasteiger partial charge in [0, 0.05) is 12.5 Å². The van der Waals surface area contributed by atoms with E-state index in [1.807, 2.05) is 0 Å². The smallest absolute Gasteiger partial charge is 0.00219 e. The first kappa shape index (κ1) is 15.5. The zero-order valence-electron chi connectivity index (χ0n) is 13.2. The molecular weight excluding hydrogens is 218 g/mol. The van der Waals surface area contributed by atoms with Crippen molar-refractivity contribution in [2.75, 3.05) is 6.54 Å². The summed E-state index contributed by atoms with van der Waals surface area (Å²) in [6, 6.07) is 0. The summed E-state index contributed by atoms with van der Waals surface area (Å²) in [6.07, 6.45) is 4.74. The highest BCUT2D eigenvalue weighted by Gasteiger charge is 2.37. The van der Waals surface area contributed by atoms with Gasteiger partial charge < -0.3 is 5.73 Å². The third-order valence-corrected chi connectivity index (χ3v) is 4.58. The van der Waals surface area contributed by atoms with Crippen molar-refractivity contribution < 1.29 is 0 Å². The normalized spacial score (nSPS) is 21.2. The molecule has 0 radical (unpaired) electrons. The molecule has 0 aliphatic heterocycles. The highest BCUT2D eigenvalue weighted by Crippen LogP contribution is 2.49. The predicted octanol–water partition coefficient (Wildman–Crippen LogP) is 4.83. The SMILES string of the molecule is CCC1=C(CC)C(CC)C(C(C)(C)CN)=C1CC. The molecule has 1 rings (SSSR count). The second kappa shape index (κ2) is 6.06. The van der Waals surface area contributed by atoms with Crippen LogP contribution in [0.2, 0.25) is 0 Å². The summed E-state index contributed by atoms with van der Waals surface area (Å²) in [5.74, 6) is 0.651. The van der Waals surface area contributed by atoms with Gasteiger partial charge in [-0.15, -0.1) is 0 Å². The van der Waals surface area contributed by atoms with Crippen LogP contribution in [0.5, 0.6) is 0 Å². The van der Waals surface area contributed by atoms with Crippen molar-refractivity contribution in [2.24, 2.45) is 17.1 Å². The number of rotatable bonds is 6. The van der Waals surface area contributed by atoms with E-state index in [1.54, 1.807) is 22.3 Å². The van der Waals surface area contributed by atoms with Crippen molar-refractivity contribution in [3.05, 3.63) is 22.3 Å². The lowest BCUT2D eigenvalue weighted by Gasteiger charge is -2.32. The molecule has 0 aromatic rings. The summed E-state index contributed by atoms with van der Waals surface area (Å²) in [4.78, 5) is 0. The minimum Gasteiger partial charge on any atom is -0.330 e. The number of allylic oxidation sites excluding steroid dienone is 3. The first-order chi connectivity index (χ1) is 8.48. The first-order valence-corrected chi connectivity index (χ1v) is 7.64. The molecule has 1 unspecified atom stereocenters. The van der Waals surface area contributed by atoms with E-state index in [2.05, 4.69) is 41.5 Å². The van der Waals surface area contributed by atoms with Crippen LogP contribution in [0.3, 0.4) is 0 Å². The van der Waals surface area contributed by atoms with Crippen molar-refractivity contribution in [1.29, 1.82) is 0 Å². The molecule has 18 heavy (non-hydrogen) atoms. The highest BCUT2D eigenvalue weighted by molar-refractivity contribution is 5.51. The molecule has 0 spiro atoms. The lowest BCUT2D eigenvalue weighted by atomic mass is 9.74. The minimum absolute atomic E-state index is 0.142. The fraction of sp³-hybridized carbons (Fsp3) is 0.765. The van der Waals surface area contributed by atoms with Crippen LogP contribution in [0.1, 0.15) is 67.2 Å². The van der Waals surface area contributed by atoms with Crippen LogP contribution in [-0.4, -0.2) is 6.54 Å². The Balaban J connectivity index is 3.38. The van der Waals surface area contributed by atoms with Crippen LogP contribution in [0.25, 0.3) is 0 Å². The topological polar surface area (TPSA) is 26.0 Å². The molecule has 104 valence electrons. The summed E-state index contributed by atoms with van der Waals surface area (Å²) >= 11 is 0. The Morgan fingerprint density at radius 1 is 0.944 bits per heavy atom. The second-order valence-corrected chi connectivity index (χ2v) is 6.01. The van der Waals surface area contributed by atoms with Crippen molar-refractivity contribution >= 4 is 0 Å². The Kier molecular flexibility index (Phi) is 5.21. The Morgan fingerprint density at radius 3 is 1.83 bits per heavy atom. The van der Waals surface area contributed by atoms with Gasteiger partial charge in [-0.25, -0.2) is 0 Å². The van der Waals surface area contributed by atoms with E-state index >= 15 is 0 Å². The summed E-state index contributed by atoms with van der Waals surface area (Å²) in [5.41, 5.74) is 12.8. The minimum atomic E-state index is 0.142. The third-order valence-electron chi connectivity index (χ3n) is 4.58. The quantitative estimate of drug-likeness (QED) is 0.716. The molecule has 1 heteroatoms. The third kappa shape index (κ3) is 2.42. The van der Waals surface area contributed by atoms with Crippen molar-refractivity contribution in [2.45, 2.75) is 67.2 Å². The van der Waals surface area contributed by atoms with Gasteiger partial charge in [-0.3, -0.25) is 0 Å². The van der Waals surface area contributed by atoms with Gasteiger partial charge in [0.25, 0.3) is 0 Å². The van der Waals surface area contributed by atoms with Gasteiger partial charge in [0.2, 0.25) is 0 Å². The van der Waals surface area contributed by atoms with Crippen LogP contribution < -0.4 is 5.73 Å². The molecule has 0 saturated heterocycles. The lowest BCUT2D eigenvalue weighted by molar-refractivity contribution is 0.406. The molecular formula is C17H31N. The van der Waals surface area contributed by atoms with Crippen molar-refractivity contribution in [1.82, 2.24) is 0 Å². The molecule has 0 aromatic carbocycles. The molecule has 1 aliphatic rings. The zero-order chi connectivity index (χ0) is 13.9. The standard InChI is InChI=1S/C17H31N/c1-7-12-13(8-2)15(10-4)16(14(12)9-3)17(5,6)11-18/h14H,7-11,18H2,1-6H3. The Labute approximate surface area is 114 Å². The lowest BCUT2D eigenvalue weighted by Crippen LogP contribution is -2.29. The van der Waals surface area contributed by atoms with E-state index in [1.165, 1.54) is 19.3 Å². The predicted molar refractivity (Wildman–Crippen MR) is 81.5 cm³/mol. The van der Waals surface area contributed by atoms with E-state index in [4.69, 9.17) is 5.73 Å². The first-order valence-electron chi connectivity index (χ1n) is 7.64. The number of nitrogens with two attached hydrogens (primary N) is 1. The van der Waals surface area contributed by atoms with Crippen molar-refractivity contribution in [3.8, 4) is 0 Å². The van der Waals surface area contributed by atoms with Crippen LogP contribution in [0, 0.1) is 11.3 Å². The molecule has 0 heterocycles. The fourth-order valence-corrected chi connectivity index (χ4v) is 3.70. The molecule has 0 fully saturated rings. The monoisotopic (exact) mass is 249 g/mol. The van der Waals surface area contributed by atoms with Gasteiger partial charge in [0.1, 0.15) is 0 Å². The van der Waals surface area contributed by atoms with Gasteiger partial charge in [-0.2, -0.15) is 0 Å². The van der Waals surface area contributed by atoms with E-state index < -0.39 is 0 Å². The van der Waals surface area contributed by atoms with Crippen LogP contribution in [0.15, 0.2) is 22.3 Å². The van der Waals surface area contributed by atoms with Gasteiger partial charge >= 0.3 is 0 Å². The van der Waals surface area contributed by atoms with E-state index in [0.29, 0.717) is 5.92 Å². The van der Waals surface area contributed by atoms with Crippen LogP contribution >= 0.6 is 0 Å². The van der Waals surface area contributed by atoms with Gasteiger partial charge in [0.05, 0.1) is 0 Å². The summed E-state index contributed by atoms with van der Waals surface area (Å²) in [7, 11) is 0. The number of hydrogen-bond acceptors (Lipinski definition) is 1. The fourth-order valence-electron chi connectivity index (χ4n) is 3.70. The summed E-state index contributed by atoms with van der Waals surface area (Å²) in [5, 5.41) is 0. The largest absolute Gasteiger partial charge is 0.330 e. The maximum atomic E-state index is 6.04. The molecule has 0 amide bonds. The Hall–Kier alpha value is -0.560. The van der Waals surface area contributed by atoms with Gasteiger partial charge in [-0.1, -0.05) is 52.7 Å². The van der Waals surface area contributed by atoms with E-state index in [0.717, 1.165) is 13.0 Å². The molecule has 1 nitrogen and oxygen atoms in total. The maximum Gasteiger partial charge on any atom is 0.00219 e. The second-order valence-electron chi connectivity index (χ2n) is 6.01. The average molecular weight is 249 g/mol. The van der Waals surface area contributed by atoms with Crippen molar-refractivity contribution in [3.63, 3.8) is 0 Å². The maximum absolute atomic E-state index is 6.04. The molecule has 0 aromatic heterocycles.